The van der Waals surface area contributed by atoms with Gasteiger partial charge in [0, 0.05) is 12.1 Å². The van der Waals surface area contributed by atoms with E-state index in [-0.39, 0.29) is 32.8 Å². The molecule has 1 heterocycles. The van der Waals surface area contributed by atoms with Gasteiger partial charge in [-0.25, -0.2) is 8.42 Å². The van der Waals surface area contributed by atoms with E-state index in [0.717, 1.165) is 12.1 Å². The molecule has 156 valence electrons. The molecule has 0 unspecified atom stereocenters. The Labute approximate surface area is 177 Å². The van der Waals surface area contributed by atoms with Gasteiger partial charge in [-0.05, 0) is 36.4 Å². The lowest BCUT2D eigenvalue weighted by atomic mass is 10.2. The molecular formula is C21H15N3O6S. The fraction of sp³-hybridized carbons (Fsp3) is 0.0476. The maximum absolute atomic E-state index is 13.2. The van der Waals surface area contributed by atoms with E-state index >= 15 is 0 Å². The average molecular weight is 437 g/mol. The summed E-state index contributed by atoms with van der Waals surface area (Å²) in [4.78, 5) is 14.5. The van der Waals surface area contributed by atoms with Crippen molar-refractivity contribution in [3.63, 3.8) is 0 Å². The molecule has 31 heavy (non-hydrogen) atoms. The van der Waals surface area contributed by atoms with E-state index in [2.05, 4.69) is 10.1 Å². The largest absolute Gasteiger partial charge is 0.496 e. The van der Waals surface area contributed by atoms with E-state index in [0.29, 0.717) is 11.3 Å². The van der Waals surface area contributed by atoms with Gasteiger partial charge in [-0.1, -0.05) is 29.4 Å². The summed E-state index contributed by atoms with van der Waals surface area (Å²) in [6.07, 6.45) is 0. The Hall–Kier alpha value is -4.05. The molecule has 0 spiro atoms. The minimum atomic E-state index is -4.00. The minimum absolute atomic E-state index is 0.0157. The monoisotopic (exact) mass is 437 g/mol. The average Bonchev–Trinajstić information content (AvgIpc) is 3.29. The molecule has 0 amide bonds. The Morgan fingerprint density at radius 2 is 1.58 bits per heavy atom. The van der Waals surface area contributed by atoms with Gasteiger partial charge in [0.15, 0.2) is 0 Å². The fourth-order valence-corrected chi connectivity index (χ4v) is 4.47. The van der Waals surface area contributed by atoms with Crippen molar-refractivity contribution in [2.45, 2.75) is 9.79 Å². The summed E-state index contributed by atoms with van der Waals surface area (Å²) in [5, 5.41) is 14.8. The van der Waals surface area contributed by atoms with E-state index < -0.39 is 14.8 Å². The molecule has 0 aliphatic rings. The number of benzene rings is 3. The second-order valence-corrected chi connectivity index (χ2v) is 8.29. The smallest absolute Gasteiger partial charge is 0.269 e. The van der Waals surface area contributed by atoms with Crippen LogP contribution in [0.25, 0.3) is 22.8 Å². The molecule has 9 nitrogen and oxygen atoms in total. The Morgan fingerprint density at radius 1 is 0.935 bits per heavy atom. The van der Waals surface area contributed by atoms with Crippen molar-refractivity contribution >= 4 is 15.5 Å². The number of non-ortho nitro benzene ring substituents is 1. The maximum atomic E-state index is 13.2. The van der Waals surface area contributed by atoms with Crippen molar-refractivity contribution in [3.05, 3.63) is 82.9 Å². The number of ether oxygens (including phenoxy) is 1. The zero-order valence-corrected chi connectivity index (χ0v) is 16.9. The number of hydrogen-bond acceptors (Lipinski definition) is 8. The second-order valence-electron chi connectivity index (χ2n) is 6.37. The predicted octanol–water partition coefficient (Wildman–Crippen LogP) is 4.15. The van der Waals surface area contributed by atoms with Gasteiger partial charge in [0.2, 0.25) is 15.7 Å². The van der Waals surface area contributed by atoms with E-state index in [1.165, 1.54) is 25.3 Å². The molecule has 4 rings (SSSR count). The number of aromatic nitrogens is 2. The summed E-state index contributed by atoms with van der Waals surface area (Å²) in [6, 6.07) is 18.0. The molecule has 0 N–H and O–H groups in total. The number of hydrogen-bond donors (Lipinski definition) is 0. The minimum Gasteiger partial charge on any atom is -0.496 e. The summed E-state index contributed by atoms with van der Waals surface area (Å²) >= 11 is 0. The first-order valence-corrected chi connectivity index (χ1v) is 10.5. The Kier molecular flexibility index (Phi) is 5.22. The molecule has 4 aromatic rings. The Morgan fingerprint density at radius 3 is 2.26 bits per heavy atom. The first-order valence-electron chi connectivity index (χ1n) is 8.98. The zero-order chi connectivity index (χ0) is 22.0. The third-order valence-corrected chi connectivity index (χ3v) is 6.37. The van der Waals surface area contributed by atoms with Crippen LogP contribution in [0.3, 0.4) is 0 Å². The van der Waals surface area contributed by atoms with Gasteiger partial charge in [0.1, 0.15) is 5.75 Å². The molecule has 0 saturated heterocycles. The topological polar surface area (TPSA) is 125 Å². The second kappa shape index (κ2) is 8.00. The number of methoxy groups -OCH3 is 1. The first kappa shape index (κ1) is 20.2. The number of nitro groups is 1. The fourth-order valence-electron chi connectivity index (χ4n) is 3.02. The number of para-hydroxylation sites is 1. The Bertz CT molecular complexity index is 1360. The van der Waals surface area contributed by atoms with Crippen LogP contribution < -0.4 is 4.74 Å². The standard InChI is InChI=1S/C21H15N3O6S/c1-29-18-8-4-2-6-16(18)20-22-21(30-23-20)17-7-3-5-9-19(17)31(27,28)15-12-10-14(11-13-15)24(25)26/h2-13H,1H3. The molecule has 0 radical (unpaired) electrons. The van der Waals surface area contributed by atoms with Crippen LogP contribution in [-0.4, -0.2) is 30.6 Å². The summed E-state index contributed by atoms with van der Waals surface area (Å²) in [7, 11) is -2.48. The van der Waals surface area contributed by atoms with Crippen LogP contribution in [0.4, 0.5) is 5.69 Å². The molecule has 0 aliphatic heterocycles. The third-order valence-electron chi connectivity index (χ3n) is 4.54. The molecule has 1 aromatic heterocycles. The number of nitrogens with zero attached hydrogens (tertiary/aromatic N) is 3. The molecule has 0 atom stereocenters. The maximum Gasteiger partial charge on any atom is 0.269 e. The van der Waals surface area contributed by atoms with Crippen molar-refractivity contribution < 1.29 is 22.6 Å². The van der Waals surface area contributed by atoms with Gasteiger partial charge in [-0.3, -0.25) is 10.1 Å². The quantitative estimate of drug-likeness (QED) is 0.325. The van der Waals surface area contributed by atoms with Crippen LogP contribution >= 0.6 is 0 Å². The highest BCUT2D eigenvalue weighted by atomic mass is 32.2. The lowest BCUT2D eigenvalue weighted by molar-refractivity contribution is -0.384. The summed E-state index contributed by atoms with van der Waals surface area (Å²) in [6.45, 7) is 0. The van der Waals surface area contributed by atoms with Crippen LogP contribution in [0.15, 0.2) is 87.1 Å². The van der Waals surface area contributed by atoms with Gasteiger partial charge < -0.3 is 9.26 Å². The Balaban J connectivity index is 1.78. The van der Waals surface area contributed by atoms with Gasteiger partial charge in [0.25, 0.3) is 11.6 Å². The lowest BCUT2D eigenvalue weighted by Gasteiger charge is -2.08. The van der Waals surface area contributed by atoms with Gasteiger partial charge in [0.05, 0.1) is 33.0 Å². The van der Waals surface area contributed by atoms with Gasteiger partial charge in [-0.2, -0.15) is 4.98 Å². The SMILES string of the molecule is COc1ccccc1-c1noc(-c2ccccc2S(=O)(=O)c2ccc([N+](=O)[O-])cc2)n1. The van der Waals surface area contributed by atoms with E-state index in [1.807, 2.05) is 0 Å². The molecule has 10 heteroatoms. The van der Waals surface area contributed by atoms with Crippen molar-refractivity contribution in [1.82, 2.24) is 10.1 Å². The van der Waals surface area contributed by atoms with Crippen LogP contribution in [0.1, 0.15) is 0 Å². The number of rotatable bonds is 6. The first-order chi connectivity index (χ1) is 14.9. The number of nitro benzene ring substituents is 1. The summed E-state index contributed by atoms with van der Waals surface area (Å²) in [5.74, 6) is 0.804. The molecule has 0 fully saturated rings. The highest BCUT2D eigenvalue weighted by Crippen LogP contribution is 2.33. The highest BCUT2D eigenvalue weighted by Gasteiger charge is 2.25. The summed E-state index contributed by atoms with van der Waals surface area (Å²) in [5.41, 5.74) is 0.607. The normalized spacial score (nSPS) is 11.3. The molecular weight excluding hydrogens is 422 g/mol. The van der Waals surface area contributed by atoms with E-state index in [4.69, 9.17) is 9.26 Å². The molecule has 0 aliphatic carbocycles. The zero-order valence-electron chi connectivity index (χ0n) is 16.1. The van der Waals surface area contributed by atoms with Crippen LogP contribution in [-0.2, 0) is 9.84 Å². The van der Waals surface area contributed by atoms with Crippen LogP contribution in [0, 0.1) is 10.1 Å². The van der Waals surface area contributed by atoms with Crippen molar-refractivity contribution in [2.75, 3.05) is 7.11 Å². The highest BCUT2D eigenvalue weighted by molar-refractivity contribution is 7.91. The van der Waals surface area contributed by atoms with E-state index in [9.17, 15) is 18.5 Å². The van der Waals surface area contributed by atoms with Crippen LogP contribution in [0.5, 0.6) is 5.75 Å². The van der Waals surface area contributed by atoms with Crippen LogP contribution in [0.2, 0.25) is 0 Å². The van der Waals surface area contributed by atoms with Crippen molar-refractivity contribution in [1.29, 1.82) is 0 Å². The van der Waals surface area contributed by atoms with E-state index in [1.54, 1.807) is 42.5 Å². The van der Waals surface area contributed by atoms with Crippen molar-refractivity contribution in [3.8, 4) is 28.6 Å². The number of sulfone groups is 1. The van der Waals surface area contributed by atoms with Gasteiger partial charge >= 0.3 is 0 Å². The predicted molar refractivity (Wildman–Crippen MR) is 110 cm³/mol. The summed E-state index contributed by atoms with van der Waals surface area (Å²) < 4.78 is 37.1. The molecule has 0 saturated carbocycles. The van der Waals surface area contributed by atoms with Gasteiger partial charge in [-0.15, -0.1) is 0 Å². The molecule has 3 aromatic carbocycles. The third kappa shape index (κ3) is 3.76. The molecule has 0 bridgehead atoms. The van der Waals surface area contributed by atoms with Crippen molar-refractivity contribution in [2.24, 2.45) is 0 Å². The lowest BCUT2D eigenvalue weighted by Crippen LogP contribution is -2.04.